The van der Waals surface area contributed by atoms with Crippen LogP contribution in [0.1, 0.15) is 59.4 Å². The summed E-state index contributed by atoms with van der Waals surface area (Å²) < 4.78 is 18.2. The monoisotopic (exact) mass is 549 g/mol. The van der Waals surface area contributed by atoms with Gasteiger partial charge in [0, 0.05) is 32.4 Å². The van der Waals surface area contributed by atoms with Gasteiger partial charge in [-0.2, -0.15) is 5.10 Å². The number of carbonyl (C=O) groups excluding carboxylic acids is 3. The third-order valence-electron chi connectivity index (χ3n) is 7.37. The van der Waals surface area contributed by atoms with E-state index in [4.69, 9.17) is 13.9 Å². The summed E-state index contributed by atoms with van der Waals surface area (Å²) in [4.78, 5) is 41.2. The Bertz CT molecular complexity index is 1390. The Balaban J connectivity index is 1.14. The third-order valence-corrected chi connectivity index (χ3v) is 7.37. The molecule has 212 valence electrons. The van der Waals surface area contributed by atoms with Crippen LogP contribution in [0.15, 0.2) is 40.9 Å². The van der Waals surface area contributed by atoms with E-state index in [0.29, 0.717) is 49.9 Å². The predicted octanol–water partition coefficient (Wildman–Crippen LogP) is 3.97. The zero-order valence-electron chi connectivity index (χ0n) is 23.1. The summed E-state index contributed by atoms with van der Waals surface area (Å²) >= 11 is 0. The van der Waals surface area contributed by atoms with Gasteiger partial charge in [-0.05, 0) is 75.4 Å². The van der Waals surface area contributed by atoms with E-state index < -0.39 is 11.9 Å². The van der Waals surface area contributed by atoms with E-state index in [1.165, 1.54) is 17.5 Å². The molecule has 0 spiro atoms. The standard InChI is InChI=1S/C29H35N5O6/c1-4-38-29(37)33-14-12-32(13-15-33)28(36)20(3)34-17-25(19(2)31-34)30-27(35)26-11-10-24(40-26)18-39-23-9-8-21-6-5-7-22(21)16-23/h8-11,16-17,20H,4-7,12-15,18H2,1-3H3,(H,30,35). The number of furan rings is 1. The molecule has 0 radical (unpaired) electrons. The summed E-state index contributed by atoms with van der Waals surface area (Å²) in [6, 6.07) is 8.91. The lowest BCUT2D eigenvalue weighted by atomic mass is 10.1. The number of piperazine rings is 1. The van der Waals surface area contributed by atoms with Gasteiger partial charge in [0.1, 0.15) is 24.2 Å². The molecule has 3 aromatic rings. The van der Waals surface area contributed by atoms with Crippen LogP contribution in [0.25, 0.3) is 0 Å². The zero-order valence-corrected chi connectivity index (χ0v) is 23.1. The maximum absolute atomic E-state index is 13.1. The van der Waals surface area contributed by atoms with Crippen molar-refractivity contribution in [1.29, 1.82) is 0 Å². The van der Waals surface area contributed by atoms with E-state index in [2.05, 4.69) is 22.5 Å². The van der Waals surface area contributed by atoms with Crippen LogP contribution >= 0.6 is 0 Å². The van der Waals surface area contributed by atoms with Crippen LogP contribution in [0.2, 0.25) is 0 Å². The number of hydrogen-bond acceptors (Lipinski definition) is 7. The highest BCUT2D eigenvalue weighted by atomic mass is 16.6. The number of anilines is 1. The highest BCUT2D eigenvalue weighted by Crippen LogP contribution is 2.27. The van der Waals surface area contributed by atoms with Crippen molar-refractivity contribution in [3.8, 4) is 5.75 Å². The molecule has 0 saturated carbocycles. The van der Waals surface area contributed by atoms with E-state index in [1.54, 1.807) is 53.6 Å². The summed E-state index contributed by atoms with van der Waals surface area (Å²) in [6.07, 6.45) is 4.66. The number of aromatic nitrogens is 2. The van der Waals surface area contributed by atoms with Gasteiger partial charge in [-0.25, -0.2) is 4.79 Å². The highest BCUT2D eigenvalue weighted by molar-refractivity contribution is 6.02. The Morgan fingerprint density at radius 2 is 1.80 bits per heavy atom. The van der Waals surface area contributed by atoms with Gasteiger partial charge in [-0.15, -0.1) is 0 Å². The molecular formula is C29H35N5O6. The molecule has 11 nitrogen and oxygen atoms in total. The number of rotatable bonds is 8. The fourth-order valence-electron chi connectivity index (χ4n) is 5.06. The molecule has 1 aliphatic carbocycles. The molecule has 0 bridgehead atoms. The molecule has 1 N–H and O–H groups in total. The average Bonchev–Trinajstić information content (AvgIpc) is 3.71. The lowest BCUT2D eigenvalue weighted by molar-refractivity contribution is -0.136. The van der Waals surface area contributed by atoms with E-state index in [9.17, 15) is 14.4 Å². The van der Waals surface area contributed by atoms with E-state index in [-0.39, 0.29) is 24.4 Å². The van der Waals surface area contributed by atoms with Crippen molar-refractivity contribution in [2.24, 2.45) is 0 Å². The number of hydrogen-bond donors (Lipinski definition) is 1. The van der Waals surface area contributed by atoms with Gasteiger partial charge in [0.15, 0.2) is 5.76 Å². The summed E-state index contributed by atoms with van der Waals surface area (Å²) in [5.74, 6) is 0.961. The lowest BCUT2D eigenvalue weighted by Crippen LogP contribution is -2.52. The summed E-state index contributed by atoms with van der Waals surface area (Å²) in [6.45, 7) is 7.50. The van der Waals surface area contributed by atoms with Crippen LogP contribution in [-0.4, -0.2) is 70.3 Å². The topological polar surface area (TPSA) is 119 Å². The number of benzene rings is 1. The number of aryl methyl sites for hydroxylation is 3. The minimum atomic E-state index is -0.579. The lowest BCUT2D eigenvalue weighted by Gasteiger charge is -2.35. The molecule has 2 aromatic heterocycles. The Hall–Kier alpha value is -4.28. The maximum Gasteiger partial charge on any atom is 0.409 e. The van der Waals surface area contributed by atoms with Crippen molar-refractivity contribution in [1.82, 2.24) is 19.6 Å². The molecule has 1 atom stereocenters. The normalized spacial score (nSPS) is 15.5. The third kappa shape index (κ3) is 5.98. The number of fused-ring (bicyclic) bond motifs is 1. The molecule has 5 rings (SSSR count). The van der Waals surface area contributed by atoms with Crippen molar-refractivity contribution in [3.05, 3.63) is 64.9 Å². The SMILES string of the molecule is CCOC(=O)N1CCN(C(=O)C(C)n2cc(NC(=O)c3ccc(COc4ccc5c(c4)CCC5)o3)c(C)n2)CC1. The Labute approximate surface area is 233 Å². The molecule has 1 saturated heterocycles. The molecule has 3 amide bonds. The fourth-order valence-corrected chi connectivity index (χ4v) is 5.06. The molecule has 3 heterocycles. The Morgan fingerprint density at radius 3 is 2.58 bits per heavy atom. The average molecular weight is 550 g/mol. The van der Waals surface area contributed by atoms with Crippen LogP contribution in [0.4, 0.5) is 10.5 Å². The van der Waals surface area contributed by atoms with Gasteiger partial charge in [-0.3, -0.25) is 14.3 Å². The summed E-state index contributed by atoms with van der Waals surface area (Å²) in [5, 5.41) is 7.28. The number of carbonyl (C=O) groups is 3. The van der Waals surface area contributed by atoms with Crippen molar-refractivity contribution >= 4 is 23.6 Å². The molecule has 1 unspecified atom stereocenters. The number of nitrogens with zero attached hydrogens (tertiary/aromatic N) is 4. The van der Waals surface area contributed by atoms with Crippen LogP contribution in [-0.2, 0) is 29.0 Å². The maximum atomic E-state index is 13.1. The summed E-state index contributed by atoms with van der Waals surface area (Å²) in [7, 11) is 0. The fraction of sp³-hybridized carbons (Fsp3) is 0.448. The van der Waals surface area contributed by atoms with Crippen molar-refractivity contribution in [3.63, 3.8) is 0 Å². The first-order valence-electron chi connectivity index (χ1n) is 13.7. The van der Waals surface area contributed by atoms with Gasteiger partial charge >= 0.3 is 6.09 Å². The highest BCUT2D eigenvalue weighted by Gasteiger charge is 2.29. The van der Waals surface area contributed by atoms with Crippen molar-refractivity contribution in [2.75, 3.05) is 38.1 Å². The largest absolute Gasteiger partial charge is 0.486 e. The van der Waals surface area contributed by atoms with E-state index in [0.717, 1.165) is 18.6 Å². The van der Waals surface area contributed by atoms with Crippen LogP contribution in [0, 0.1) is 6.92 Å². The summed E-state index contributed by atoms with van der Waals surface area (Å²) in [5.41, 5.74) is 3.78. The second kappa shape index (κ2) is 11.8. The van der Waals surface area contributed by atoms with Crippen molar-refractivity contribution in [2.45, 2.75) is 52.7 Å². The first-order chi connectivity index (χ1) is 19.3. The van der Waals surface area contributed by atoms with Crippen LogP contribution < -0.4 is 10.1 Å². The molecule has 40 heavy (non-hydrogen) atoms. The molecule has 1 aliphatic heterocycles. The van der Waals surface area contributed by atoms with Gasteiger partial charge < -0.3 is 29.0 Å². The quantitative estimate of drug-likeness (QED) is 0.452. The predicted molar refractivity (Wildman–Crippen MR) is 146 cm³/mol. The number of amides is 3. The van der Waals surface area contributed by atoms with Gasteiger partial charge in [0.05, 0.1) is 18.0 Å². The smallest absolute Gasteiger partial charge is 0.409 e. The second-order valence-electron chi connectivity index (χ2n) is 10.1. The minimum absolute atomic E-state index is 0.108. The Kier molecular flexibility index (Phi) is 8.09. The Morgan fingerprint density at radius 1 is 1.05 bits per heavy atom. The van der Waals surface area contributed by atoms with Crippen molar-refractivity contribution < 1.29 is 28.3 Å². The zero-order chi connectivity index (χ0) is 28.2. The molecule has 11 heteroatoms. The van der Waals surface area contributed by atoms with Crippen LogP contribution in [0.3, 0.4) is 0 Å². The van der Waals surface area contributed by atoms with Gasteiger partial charge in [-0.1, -0.05) is 6.07 Å². The first-order valence-corrected chi connectivity index (χ1v) is 13.7. The number of nitrogens with one attached hydrogen (secondary N) is 1. The molecule has 1 aromatic carbocycles. The van der Waals surface area contributed by atoms with E-state index in [1.807, 2.05) is 6.07 Å². The minimum Gasteiger partial charge on any atom is -0.486 e. The van der Waals surface area contributed by atoms with Gasteiger partial charge in [0.25, 0.3) is 5.91 Å². The first kappa shape index (κ1) is 27.3. The van der Waals surface area contributed by atoms with E-state index >= 15 is 0 Å². The molecular weight excluding hydrogens is 514 g/mol. The molecule has 2 aliphatic rings. The number of ether oxygens (including phenoxy) is 2. The van der Waals surface area contributed by atoms with Gasteiger partial charge in [0.2, 0.25) is 5.91 Å². The van der Waals surface area contributed by atoms with Crippen LogP contribution in [0.5, 0.6) is 5.75 Å². The molecule has 1 fully saturated rings. The second-order valence-corrected chi connectivity index (χ2v) is 10.1.